The molecule has 2 aromatic rings. The lowest BCUT2D eigenvalue weighted by molar-refractivity contribution is 0.602. The van der Waals surface area contributed by atoms with Crippen molar-refractivity contribution >= 4 is 26.9 Å². The molecule has 2 rings (SSSR count). The van der Waals surface area contributed by atoms with E-state index in [1.165, 1.54) is 12.3 Å². The summed E-state index contributed by atoms with van der Waals surface area (Å²) in [5.74, 6) is 0. The van der Waals surface area contributed by atoms with Crippen LogP contribution in [0.2, 0.25) is 0 Å². The molecule has 0 aliphatic heterocycles. The average Bonchev–Trinajstić information content (AvgIpc) is 2.04. The van der Waals surface area contributed by atoms with E-state index in [9.17, 15) is 4.79 Å². The van der Waals surface area contributed by atoms with Gasteiger partial charge in [0.2, 0.25) is 0 Å². The van der Waals surface area contributed by atoms with Gasteiger partial charge >= 0.3 is 0 Å². The van der Waals surface area contributed by atoms with Gasteiger partial charge in [0.25, 0.3) is 0 Å². The van der Waals surface area contributed by atoms with E-state index in [-0.39, 0.29) is 5.43 Å². The highest BCUT2D eigenvalue weighted by Crippen LogP contribution is 2.19. The predicted octanol–water partition coefficient (Wildman–Crippen LogP) is 2.56. The van der Waals surface area contributed by atoms with Gasteiger partial charge in [-0.15, -0.1) is 0 Å². The van der Waals surface area contributed by atoms with Crippen LogP contribution in [0.15, 0.2) is 44.2 Å². The van der Waals surface area contributed by atoms with Crippen molar-refractivity contribution in [3.8, 4) is 0 Å². The standard InChI is InChI=1S/C9H5BrO2/c10-6-2-1-3-8-9(6)7(11)4-5-12-8/h1-5H. The zero-order valence-corrected chi connectivity index (χ0v) is 7.67. The Morgan fingerprint density at radius 2 is 2.08 bits per heavy atom. The average molecular weight is 225 g/mol. The second-order valence-electron chi connectivity index (χ2n) is 2.40. The van der Waals surface area contributed by atoms with E-state index < -0.39 is 0 Å². The molecular weight excluding hydrogens is 220 g/mol. The van der Waals surface area contributed by atoms with Gasteiger partial charge in [0.15, 0.2) is 5.43 Å². The molecule has 0 spiro atoms. The molecule has 12 heavy (non-hydrogen) atoms. The van der Waals surface area contributed by atoms with Crippen LogP contribution in [0.25, 0.3) is 11.0 Å². The van der Waals surface area contributed by atoms with Crippen molar-refractivity contribution in [2.24, 2.45) is 0 Å². The van der Waals surface area contributed by atoms with E-state index in [4.69, 9.17) is 4.42 Å². The lowest BCUT2D eigenvalue weighted by Gasteiger charge is -1.95. The Hall–Kier alpha value is -1.09. The molecule has 0 aliphatic carbocycles. The lowest BCUT2D eigenvalue weighted by Crippen LogP contribution is -1.98. The van der Waals surface area contributed by atoms with Gasteiger partial charge in [-0.3, -0.25) is 4.79 Å². The molecule has 0 aliphatic rings. The molecule has 1 aromatic carbocycles. The quantitative estimate of drug-likeness (QED) is 0.689. The molecule has 2 nitrogen and oxygen atoms in total. The van der Waals surface area contributed by atoms with Crippen molar-refractivity contribution in [2.75, 3.05) is 0 Å². The summed E-state index contributed by atoms with van der Waals surface area (Å²) in [5, 5.41) is 0.597. The normalized spacial score (nSPS) is 10.4. The maximum Gasteiger partial charge on any atom is 0.193 e. The maximum atomic E-state index is 11.3. The third kappa shape index (κ3) is 1.06. The van der Waals surface area contributed by atoms with E-state index in [0.29, 0.717) is 11.0 Å². The van der Waals surface area contributed by atoms with Crippen LogP contribution >= 0.6 is 15.9 Å². The number of rotatable bonds is 0. The molecule has 0 atom stereocenters. The summed E-state index contributed by atoms with van der Waals surface area (Å²) in [6.45, 7) is 0. The first-order valence-corrected chi connectivity index (χ1v) is 4.24. The Balaban J connectivity index is 3.07. The fraction of sp³-hybridized carbons (Fsp3) is 0. The third-order valence-electron chi connectivity index (χ3n) is 1.64. The number of halogens is 1. The Bertz CT molecular complexity index is 468. The molecule has 0 N–H and O–H groups in total. The second-order valence-corrected chi connectivity index (χ2v) is 3.25. The Labute approximate surface area is 76.9 Å². The van der Waals surface area contributed by atoms with Crippen LogP contribution in [0, 0.1) is 0 Å². The summed E-state index contributed by atoms with van der Waals surface area (Å²) in [6.07, 6.45) is 1.40. The van der Waals surface area contributed by atoms with E-state index in [2.05, 4.69) is 15.9 Å². The largest absolute Gasteiger partial charge is 0.464 e. The number of hydrogen-bond donors (Lipinski definition) is 0. The van der Waals surface area contributed by atoms with Gasteiger partial charge in [0.05, 0.1) is 11.6 Å². The maximum absolute atomic E-state index is 11.3. The minimum absolute atomic E-state index is 0.0243. The molecule has 0 unspecified atom stereocenters. The van der Waals surface area contributed by atoms with Gasteiger partial charge in [-0.1, -0.05) is 6.07 Å². The van der Waals surface area contributed by atoms with Crippen LogP contribution in [0.1, 0.15) is 0 Å². The van der Waals surface area contributed by atoms with Crippen molar-refractivity contribution < 1.29 is 4.42 Å². The van der Waals surface area contributed by atoms with E-state index in [0.717, 1.165) is 4.47 Å². The number of hydrogen-bond acceptors (Lipinski definition) is 2. The molecule has 0 bridgehead atoms. The van der Waals surface area contributed by atoms with E-state index in [1.807, 2.05) is 12.1 Å². The summed E-state index contributed by atoms with van der Waals surface area (Å²) in [6, 6.07) is 6.82. The Morgan fingerprint density at radius 1 is 1.25 bits per heavy atom. The van der Waals surface area contributed by atoms with Crippen molar-refractivity contribution in [3.63, 3.8) is 0 Å². The predicted molar refractivity (Wildman–Crippen MR) is 50.2 cm³/mol. The fourth-order valence-electron chi connectivity index (χ4n) is 1.09. The summed E-state index contributed by atoms with van der Waals surface area (Å²) < 4.78 is 5.92. The smallest absolute Gasteiger partial charge is 0.193 e. The van der Waals surface area contributed by atoms with Crippen molar-refractivity contribution in [2.45, 2.75) is 0 Å². The van der Waals surface area contributed by atoms with Crippen LogP contribution in [-0.4, -0.2) is 0 Å². The SMILES string of the molecule is O=c1ccoc2cccc(Br)c12. The summed E-state index contributed by atoms with van der Waals surface area (Å²) in [4.78, 5) is 11.3. The van der Waals surface area contributed by atoms with Crippen LogP contribution in [0.3, 0.4) is 0 Å². The van der Waals surface area contributed by atoms with Crippen molar-refractivity contribution in [3.05, 3.63) is 45.2 Å². The summed E-state index contributed by atoms with van der Waals surface area (Å²) in [5.41, 5.74) is 0.584. The molecular formula is C9H5BrO2. The Kier molecular flexibility index (Phi) is 1.73. The van der Waals surface area contributed by atoms with Crippen LogP contribution in [0.5, 0.6) is 0 Å². The van der Waals surface area contributed by atoms with Gasteiger partial charge < -0.3 is 4.42 Å². The van der Waals surface area contributed by atoms with Gasteiger partial charge in [0.1, 0.15) is 5.58 Å². The highest BCUT2D eigenvalue weighted by atomic mass is 79.9. The van der Waals surface area contributed by atoms with Gasteiger partial charge in [-0.2, -0.15) is 0 Å². The zero-order chi connectivity index (χ0) is 8.55. The fourth-order valence-corrected chi connectivity index (χ4v) is 1.64. The van der Waals surface area contributed by atoms with Gasteiger partial charge in [0, 0.05) is 10.5 Å². The monoisotopic (exact) mass is 224 g/mol. The number of fused-ring (bicyclic) bond motifs is 1. The summed E-state index contributed by atoms with van der Waals surface area (Å²) >= 11 is 3.29. The first kappa shape index (κ1) is 7.55. The topological polar surface area (TPSA) is 30.2 Å². The van der Waals surface area contributed by atoms with Crippen molar-refractivity contribution in [1.29, 1.82) is 0 Å². The van der Waals surface area contributed by atoms with Gasteiger partial charge in [-0.25, -0.2) is 0 Å². The lowest BCUT2D eigenvalue weighted by atomic mass is 10.2. The van der Waals surface area contributed by atoms with E-state index in [1.54, 1.807) is 6.07 Å². The first-order valence-electron chi connectivity index (χ1n) is 3.45. The minimum atomic E-state index is -0.0243. The molecule has 0 fully saturated rings. The summed E-state index contributed by atoms with van der Waals surface area (Å²) in [7, 11) is 0. The molecule has 1 aromatic heterocycles. The molecule has 0 saturated heterocycles. The highest BCUT2D eigenvalue weighted by molar-refractivity contribution is 9.10. The molecule has 0 radical (unpaired) electrons. The van der Waals surface area contributed by atoms with E-state index >= 15 is 0 Å². The molecule has 0 amide bonds. The first-order chi connectivity index (χ1) is 5.79. The molecule has 60 valence electrons. The van der Waals surface area contributed by atoms with Gasteiger partial charge in [-0.05, 0) is 28.1 Å². The molecule has 3 heteroatoms. The van der Waals surface area contributed by atoms with Crippen LogP contribution in [-0.2, 0) is 0 Å². The van der Waals surface area contributed by atoms with Crippen LogP contribution in [0.4, 0.5) is 0 Å². The molecule has 0 saturated carbocycles. The number of benzene rings is 1. The third-order valence-corrected chi connectivity index (χ3v) is 2.30. The second kappa shape index (κ2) is 2.75. The highest BCUT2D eigenvalue weighted by Gasteiger charge is 2.01. The zero-order valence-electron chi connectivity index (χ0n) is 6.08. The molecule has 1 heterocycles. The van der Waals surface area contributed by atoms with Crippen molar-refractivity contribution in [1.82, 2.24) is 0 Å². The minimum Gasteiger partial charge on any atom is -0.464 e. The van der Waals surface area contributed by atoms with Crippen LogP contribution < -0.4 is 5.43 Å². The Morgan fingerprint density at radius 3 is 2.83 bits per heavy atom.